The number of anilines is 1. The van der Waals surface area contributed by atoms with E-state index in [1.54, 1.807) is 35.8 Å². The molecule has 0 bridgehead atoms. The Morgan fingerprint density at radius 3 is 2.81 bits per heavy atom. The van der Waals surface area contributed by atoms with Crippen LogP contribution in [0, 0.1) is 0 Å². The lowest BCUT2D eigenvalue weighted by Gasteiger charge is -2.05. The van der Waals surface area contributed by atoms with Crippen molar-refractivity contribution in [2.24, 2.45) is 5.10 Å². The molecule has 0 unspecified atom stereocenters. The van der Waals surface area contributed by atoms with Gasteiger partial charge in [0.05, 0.1) is 18.7 Å². The van der Waals surface area contributed by atoms with E-state index in [0.717, 1.165) is 26.9 Å². The summed E-state index contributed by atoms with van der Waals surface area (Å²) in [4.78, 5) is 9.60. The van der Waals surface area contributed by atoms with E-state index >= 15 is 0 Å². The molecular formula is C20H16N4O2S. The normalized spacial score (nSPS) is 11.1. The highest BCUT2D eigenvalue weighted by atomic mass is 32.1. The van der Waals surface area contributed by atoms with Crippen LogP contribution in [0.15, 0.2) is 65.3 Å². The largest absolute Gasteiger partial charge is 0.504 e. The van der Waals surface area contributed by atoms with Gasteiger partial charge in [-0.1, -0.05) is 30.3 Å². The number of hydrazone groups is 1. The van der Waals surface area contributed by atoms with Gasteiger partial charge < -0.3 is 9.84 Å². The van der Waals surface area contributed by atoms with Crippen LogP contribution in [0.25, 0.3) is 21.3 Å². The van der Waals surface area contributed by atoms with Crippen LogP contribution in [0.3, 0.4) is 0 Å². The van der Waals surface area contributed by atoms with Gasteiger partial charge in [0.2, 0.25) is 0 Å². The molecule has 134 valence electrons. The number of phenolic OH excluding ortho intramolecular Hbond substituents is 1. The van der Waals surface area contributed by atoms with E-state index in [0.29, 0.717) is 11.6 Å². The summed E-state index contributed by atoms with van der Waals surface area (Å²) in [7, 11) is 1.51. The van der Waals surface area contributed by atoms with Gasteiger partial charge in [-0.25, -0.2) is 9.97 Å². The van der Waals surface area contributed by atoms with Crippen LogP contribution in [0.4, 0.5) is 5.82 Å². The standard InChI is InChI=1S/C20H16N4O2S/c1-26-17-9-13(7-8-16(17)25)10-23-24-19-18-15(14-5-3-2-4-6-14)11-27-20(18)22-12-21-19/h2-12,25H,1H3,(H,21,22,24)/b23-10+. The summed E-state index contributed by atoms with van der Waals surface area (Å²) in [6.45, 7) is 0. The summed E-state index contributed by atoms with van der Waals surface area (Å²) in [5, 5.41) is 17.0. The Balaban J connectivity index is 1.65. The topological polar surface area (TPSA) is 79.6 Å². The van der Waals surface area contributed by atoms with E-state index < -0.39 is 0 Å². The third-order valence-electron chi connectivity index (χ3n) is 4.04. The first-order valence-electron chi connectivity index (χ1n) is 8.20. The van der Waals surface area contributed by atoms with Gasteiger partial charge in [-0.2, -0.15) is 5.10 Å². The number of thiophene rings is 1. The molecule has 0 atom stereocenters. The maximum atomic E-state index is 9.67. The maximum Gasteiger partial charge on any atom is 0.161 e. The van der Waals surface area contributed by atoms with E-state index in [1.165, 1.54) is 13.4 Å². The minimum absolute atomic E-state index is 0.0888. The molecular weight excluding hydrogens is 360 g/mol. The van der Waals surface area contributed by atoms with Crippen LogP contribution in [-0.4, -0.2) is 28.4 Å². The molecule has 0 radical (unpaired) electrons. The van der Waals surface area contributed by atoms with Crippen molar-refractivity contribution in [2.45, 2.75) is 0 Å². The van der Waals surface area contributed by atoms with Crippen molar-refractivity contribution in [1.82, 2.24) is 9.97 Å². The highest BCUT2D eigenvalue weighted by Crippen LogP contribution is 2.36. The zero-order valence-electron chi connectivity index (χ0n) is 14.5. The van der Waals surface area contributed by atoms with Gasteiger partial charge in [-0.05, 0) is 29.3 Å². The zero-order valence-corrected chi connectivity index (χ0v) is 15.3. The van der Waals surface area contributed by atoms with Crippen molar-refractivity contribution >= 4 is 33.6 Å². The van der Waals surface area contributed by atoms with Crippen LogP contribution in [0.5, 0.6) is 11.5 Å². The summed E-state index contributed by atoms with van der Waals surface area (Å²) >= 11 is 1.57. The second-order valence-corrected chi connectivity index (χ2v) is 6.58. The number of ether oxygens (including phenoxy) is 1. The van der Waals surface area contributed by atoms with Crippen molar-refractivity contribution in [3.05, 3.63) is 65.8 Å². The number of nitrogens with one attached hydrogen (secondary N) is 1. The SMILES string of the molecule is COc1cc(/C=N/Nc2ncnc3scc(-c4ccccc4)c23)ccc1O. The lowest BCUT2D eigenvalue weighted by Crippen LogP contribution is -1.96. The Morgan fingerprint density at radius 1 is 1.15 bits per heavy atom. The lowest BCUT2D eigenvalue weighted by molar-refractivity contribution is 0.373. The van der Waals surface area contributed by atoms with E-state index in [-0.39, 0.29) is 5.75 Å². The summed E-state index contributed by atoms with van der Waals surface area (Å²) in [6, 6.07) is 15.1. The number of benzene rings is 2. The molecule has 27 heavy (non-hydrogen) atoms. The number of nitrogens with zero attached hydrogens (tertiary/aromatic N) is 3. The Kier molecular flexibility index (Phi) is 4.67. The zero-order chi connectivity index (χ0) is 18.6. The van der Waals surface area contributed by atoms with Gasteiger partial charge >= 0.3 is 0 Å². The predicted molar refractivity (Wildman–Crippen MR) is 109 cm³/mol. The number of phenols is 1. The second-order valence-electron chi connectivity index (χ2n) is 5.72. The number of fused-ring (bicyclic) bond motifs is 1. The highest BCUT2D eigenvalue weighted by Gasteiger charge is 2.12. The minimum atomic E-state index is 0.0888. The molecule has 0 aliphatic heterocycles. The van der Waals surface area contributed by atoms with Crippen molar-refractivity contribution < 1.29 is 9.84 Å². The molecule has 6 nitrogen and oxygen atoms in total. The Labute approximate surface area is 159 Å². The van der Waals surface area contributed by atoms with Gasteiger partial charge in [-0.3, -0.25) is 5.43 Å². The highest BCUT2D eigenvalue weighted by molar-refractivity contribution is 7.17. The number of hydrogen-bond donors (Lipinski definition) is 2. The van der Waals surface area contributed by atoms with Gasteiger partial charge in [0, 0.05) is 10.9 Å². The fraction of sp³-hybridized carbons (Fsp3) is 0.0500. The summed E-state index contributed by atoms with van der Waals surface area (Å²) < 4.78 is 5.11. The number of methoxy groups -OCH3 is 1. The average molecular weight is 376 g/mol. The molecule has 2 aromatic carbocycles. The van der Waals surface area contributed by atoms with Crippen molar-refractivity contribution in [2.75, 3.05) is 12.5 Å². The third kappa shape index (κ3) is 3.45. The van der Waals surface area contributed by atoms with Gasteiger partial charge in [0.1, 0.15) is 11.2 Å². The van der Waals surface area contributed by atoms with Gasteiger partial charge in [-0.15, -0.1) is 11.3 Å². The molecule has 4 rings (SSSR count). The van der Waals surface area contributed by atoms with E-state index in [4.69, 9.17) is 4.74 Å². The molecule has 2 aromatic heterocycles. The minimum Gasteiger partial charge on any atom is -0.504 e. The molecule has 0 saturated heterocycles. The maximum absolute atomic E-state index is 9.67. The van der Waals surface area contributed by atoms with Crippen molar-refractivity contribution in [3.8, 4) is 22.6 Å². The molecule has 0 saturated carbocycles. The quantitative estimate of drug-likeness (QED) is 0.395. The number of aromatic nitrogens is 2. The molecule has 0 aliphatic carbocycles. The number of aromatic hydroxyl groups is 1. The monoisotopic (exact) mass is 376 g/mol. The van der Waals surface area contributed by atoms with Crippen LogP contribution in [0.2, 0.25) is 0 Å². The average Bonchev–Trinajstić information content (AvgIpc) is 3.15. The molecule has 0 fully saturated rings. The van der Waals surface area contributed by atoms with Crippen molar-refractivity contribution in [3.63, 3.8) is 0 Å². The summed E-state index contributed by atoms with van der Waals surface area (Å²) in [5.41, 5.74) is 5.97. The fourth-order valence-corrected chi connectivity index (χ4v) is 3.65. The van der Waals surface area contributed by atoms with Crippen LogP contribution >= 0.6 is 11.3 Å². The smallest absolute Gasteiger partial charge is 0.161 e. The van der Waals surface area contributed by atoms with Crippen LogP contribution in [-0.2, 0) is 0 Å². The summed E-state index contributed by atoms with van der Waals surface area (Å²) in [5.74, 6) is 1.13. The molecule has 2 N–H and O–H groups in total. The number of hydrogen-bond acceptors (Lipinski definition) is 7. The second kappa shape index (κ2) is 7.43. The Bertz CT molecular complexity index is 1110. The van der Waals surface area contributed by atoms with Crippen LogP contribution in [0.1, 0.15) is 5.56 Å². The van der Waals surface area contributed by atoms with E-state index in [1.807, 2.05) is 18.2 Å². The van der Waals surface area contributed by atoms with Crippen LogP contribution < -0.4 is 10.2 Å². The molecule has 2 heterocycles. The van der Waals surface area contributed by atoms with Gasteiger partial charge in [0.25, 0.3) is 0 Å². The van der Waals surface area contributed by atoms with Crippen molar-refractivity contribution in [1.29, 1.82) is 0 Å². The first kappa shape index (κ1) is 17.0. The molecule has 0 aliphatic rings. The first-order chi connectivity index (χ1) is 13.3. The molecule has 7 heteroatoms. The number of rotatable bonds is 5. The molecule has 4 aromatic rings. The lowest BCUT2D eigenvalue weighted by atomic mass is 10.1. The molecule has 0 spiro atoms. The van der Waals surface area contributed by atoms with E-state index in [2.05, 4.69) is 38.0 Å². The molecule has 0 amide bonds. The Morgan fingerprint density at radius 2 is 2.00 bits per heavy atom. The first-order valence-corrected chi connectivity index (χ1v) is 9.08. The van der Waals surface area contributed by atoms with E-state index in [9.17, 15) is 5.11 Å². The fourth-order valence-electron chi connectivity index (χ4n) is 2.73. The Hall–Kier alpha value is -3.45. The predicted octanol–water partition coefficient (Wildman–Crippen LogP) is 4.52. The summed E-state index contributed by atoms with van der Waals surface area (Å²) in [6.07, 6.45) is 3.17. The third-order valence-corrected chi connectivity index (χ3v) is 4.93. The van der Waals surface area contributed by atoms with Gasteiger partial charge in [0.15, 0.2) is 17.3 Å².